The number of para-hydroxylation sites is 2. The molecule has 0 radical (unpaired) electrons. The number of nitrogens with zero attached hydrogens (tertiary/aromatic N) is 1. The second-order valence-electron chi connectivity index (χ2n) is 7.19. The van der Waals surface area contributed by atoms with Crippen molar-refractivity contribution in [3.05, 3.63) is 86.3 Å². The van der Waals surface area contributed by atoms with Crippen LogP contribution in [0.5, 0.6) is 11.5 Å². The topological polar surface area (TPSA) is 81.3 Å². The Labute approximate surface area is 176 Å². The summed E-state index contributed by atoms with van der Waals surface area (Å²) in [7, 11) is 0. The van der Waals surface area contributed by atoms with Gasteiger partial charge in [-0.2, -0.15) is 0 Å². The minimum atomic E-state index is -0.604. The lowest BCUT2D eigenvalue weighted by Crippen LogP contribution is -2.22. The molecule has 1 aliphatic heterocycles. The van der Waals surface area contributed by atoms with Crippen molar-refractivity contribution in [2.75, 3.05) is 0 Å². The molecule has 2 aromatic carbocycles. The van der Waals surface area contributed by atoms with Gasteiger partial charge in [0.05, 0.1) is 5.39 Å². The smallest absolute Gasteiger partial charge is 0.318 e. The maximum Gasteiger partial charge on any atom is 0.318 e. The third-order valence-electron chi connectivity index (χ3n) is 5.35. The van der Waals surface area contributed by atoms with Crippen LogP contribution in [0.2, 0.25) is 0 Å². The molecule has 0 atom stereocenters. The number of nitrogens with one attached hydrogen (secondary N) is 1. The molecule has 0 bridgehead atoms. The number of ether oxygens (including phenoxy) is 2. The predicted molar refractivity (Wildman–Crippen MR) is 114 cm³/mol. The van der Waals surface area contributed by atoms with Gasteiger partial charge in [-0.15, -0.1) is 11.3 Å². The van der Waals surface area contributed by atoms with Gasteiger partial charge >= 0.3 is 5.97 Å². The molecule has 5 rings (SSSR count). The zero-order chi connectivity index (χ0) is 20.8. The zero-order valence-electron chi connectivity index (χ0n) is 16.4. The number of carbonyl (C=O) groups excluding carboxylic acids is 1. The van der Waals surface area contributed by atoms with Crippen molar-refractivity contribution in [3.8, 4) is 11.5 Å². The summed E-state index contributed by atoms with van der Waals surface area (Å²) in [5, 5.41) is 0.597. The van der Waals surface area contributed by atoms with Gasteiger partial charge in [-0.05, 0) is 31.5 Å². The molecule has 0 unspecified atom stereocenters. The molecule has 0 aliphatic carbocycles. The van der Waals surface area contributed by atoms with Crippen molar-refractivity contribution in [1.82, 2.24) is 9.97 Å². The Kier molecular flexibility index (Phi) is 4.40. The summed E-state index contributed by atoms with van der Waals surface area (Å²) in [6.07, 6.45) is 0. The fourth-order valence-corrected chi connectivity index (χ4v) is 4.80. The van der Waals surface area contributed by atoms with Crippen LogP contribution in [0.3, 0.4) is 0 Å². The Hall–Kier alpha value is -3.45. The molecule has 0 spiro atoms. The average Bonchev–Trinajstić information content (AvgIpc) is 3.04. The lowest BCUT2D eigenvalue weighted by atomic mass is 9.88. The van der Waals surface area contributed by atoms with E-state index in [0.29, 0.717) is 27.5 Å². The molecule has 7 heteroatoms. The van der Waals surface area contributed by atoms with Crippen LogP contribution in [-0.4, -0.2) is 15.9 Å². The van der Waals surface area contributed by atoms with E-state index >= 15 is 0 Å². The van der Waals surface area contributed by atoms with E-state index in [-0.39, 0.29) is 12.2 Å². The van der Waals surface area contributed by atoms with Crippen LogP contribution in [0.1, 0.15) is 33.3 Å². The number of esters is 1. The van der Waals surface area contributed by atoms with E-state index < -0.39 is 11.9 Å². The molecular formula is C23H18N2O4S. The summed E-state index contributed by atoms with van der Waals surface area (Å²) in [5.74, 6) is 0.578. The number of H-pyrrole nitrogens is 1. The summed E-state index contributed by atoms with van der Waals surface area (Å²) in [6.45, 7) is 3.76. The molecule has 0 saturated carbocycles. The zero-order valence-corrected chi connectivity index (χ0v) is 17.2. The van der Waals surface area contributed by atoms with E-state index in [4.69, 9.17) is 9.47 Å². The number of hydrogen-bond donors (Lipinski definition) is 1. The average molecular weight is 418 g/mol. The highest BCUT2D eigenvalue weighted by Crippen LogP contribution is 2.44. The Morgan fingerprint density at radius 2 is 1.73 bits per heavy atom. The number of fused-ring (bicyclic) bond motifs is 3. The Bertz CT molecular complexity index is 1310. The third-order valence-corrected chi connectivity index (χ3v) is 6.46. The van der Waals surface area contributed by atoms with Crippen molar-refractivity contribution in [2.45, 2.75) is 26.4 Å². The lowest BCUT2D eigenvalue weighted by Gasteiger charge is -2.26. The number of aryl methyl sites for hydroxylation is 2. The molecule has 0 fully saturated rings. The Morgan fingerprint density at radius 3 is 2.40 bits per heavy atom. The maximum absolute atomic E-state index is 13.1. The normalized spacial score (nSPS) is 12.9. The van der Waals surface area contributed by atoms with Crippen molar-refractivity contribution in [3.63, 3.8) is 0 Å². The number of aromatic nitrogens is 2. The highest BCUT2D eigenvalue weighted by molar-refractivity contribution is 7.18. The van der Waals surface area contributed by atoms with Crippen molar-refractivity contribution >= 4 is 27.5 Å². The van der Waals surface area contributed by atoms with Crippen molar-refractivity contribution < 1.29 is 14.3 Å². The second-order valence-corrected chi connectivity index (χ2v) is 8.40. The van der Waals surface area contributed by atoms with Gasteiger partial charge in [-0.3, -0.25) is 9.59 Å². The molecular weight excluding hydrogens is 400 g/mol. The SMILES string of the molecule is Cc1sc2nc(COC(=O)C3c4ccccc4Oc4ccccc43)[nH]c(=O)c2c1C. The molecule has 1 aliphatic rings. The largest absolute Gasteiger partial charge is 0.457 e. The van der Waals surface area contributed by atoms with Crippen LogP contribution in [0.25, 0.3) is 10.2 Å². The van der Waals surface area contributed by atoms with Gasteiger partial charge < -0.3 is 14.5 Å². The van der Waals surface area contributed by atoms with Crippen molar-refractivity contribution in [1.29, 1.82) is 0 Å². The number of rotatable bonds is 3. The van der Waals surface area contributed by atoms with Crippen LogP contribution in [0.4, 0.5) is 0 Å². The van der Waals surface area contributed by atoms with Crippen molar-refractivity contribution in [2.24, 2.45) is 0 Å². The molecule has 4 aromatic rings. The van der Waals surface area contributed by atoms with Crippen LogP contribution < -0.4 is 10.3 Å². The van der Waals surface area contributed by atoms with E-state index in [0.717, 1.165) is 21.6 Å². The van der Waals surface area contributed by atoms with E-state index in [9.17, 15) is 9.59 Å². The fraction of sp³-hybridized carbons (Fsp3) is 0.174. The summed E-state index contributed by atoms with van der Waals surface area (Å²) in [4.78, 5) is 34.5. The second kappa shape index (κ2) is 7.11. The standard InChI is InChI=1S/C23H18N2O4S/c1-12-13(2)30-22-19(12)21(26)24-18(25-22)11-28-23(27)20-14-7-3-5-9-16(14)29-17-10-6-4-8-15(17)20/h3-10,20H,11H2,1-2H3,(H,24,25,26). The molecule has 1 N–H and O–H groups in total. The minimum absolute atomic E-state index is 0.109. The van der Waals surface area contributed by atoms with Crippen LogP contribution in [0.15, 0.2) is 53.3 Å². The quantitative estimate of drug-likeness (QED) is 0.493. The fourth-order valence-electron chi connectivity index (χ4n) is 3.75. The highest BCUT2D eigenvalue weighted by atomic mass is 32.1. The van der Waals surface area contributed by atoms with Gasteiger partial charge in [0.25, 0.3) is 5.56 Å². The predicted octanol–water partition coefficient (Wildman–Crippen LogP) is 4.58. The van der Waals surface area contributed by atoms with Gasteiger partial charge in [0.2, 0.25) is 0 Å². The summed E-state index contributed by atoms with van der Waals surface area (Å²) in [5.41, 5.74) is 2.22. The summed E-state index contributed by atoms with van der Waals surface area (Å²) in [6, 6.07) is 14.9. The van der Waals surface area contributed by atoms with Crippen LogP contribution >= 0.6 is 11.3 Å². The lowest BCUT2D eigenvalue weighted by molar-refractivity contribution is -0.146. The molecule has 2 aromatic heterocycles. The Morgan fingerprint density at radius 1 is 1.10 bits per heavy atom. The molecule has 0 saturated heterocycles. The van der Waals surface area contributed by atoms with Gasteiger partial charge in [-0.1, -0.05) is 36.4 Å². The first kappa shape index (κ1) is 18.6. The van der Waals surface area contributed by atoms with E-state index in [1.54, 1.807) is 0 Å². The molecule has 30 heavy (non-hydrogen) atoms. The van der Waals surface area contributed by atoms with E-state index in [2.05, 4.69) is 9.97 Å². The Balaban J connectivity index is 1.45. The summed E-state index contributed by atoms with van der Waals surface area (Å²) >= 11 is 1.46. The van der Waals surface area contributed by atoms with Gasteiger partial charge in [0.1, 0.15) is 34.7 Å². The van der Waals surface area contributed by atoms with Gasteiger partial charge in [0.15, 0.2) is 0 Å². The summed E-state index contributed by atoms with van der Waals surface area (Å²) < 4.78 is 11.5. The van der Waals surface area contributed by atoms with Crippen LogP contribution in [-0.2, 0) is 16.1 Å². The van der Waals surface area contributed by atoms with E-state index in [1.807, 2.05) is 62.4 Å². The highest BCUT2D eigenvalue weighted by Gasteiger charge is 2.33. The van der Waals surface area contributed by atoms with Crippen LogP contribution in [0, 0.1) is 13.8 Å². The minimum Gasteiger partial charge on any atom is -0.457 e. The van der Waals surface area contributed by atoms with Gasteiger partial charge in [0, 0.05) is 16.0 Å². The molecule has 6 nitrogen and oxygen atoms in total. The monoisotopic (exact) mass is 418 g/mol. The number of thiophene rings is 1. The molecule has 150 valence electrons. The first-order chi connectivity index (χ1) is 14.5. The maximum atomic E-state index is 13.1. The number of carbonyl (C=O) groups is 1. The third kappa shape index (κ3) is 2.98. The number of hydrogen-bond acceptors (Lipinski definition) is 6. The first-order valence-corrected chi connectivity index (χ1v) is 10.4. The van der Waals surface area contributed by atoms with E-state index in [1.165, 1.54) is 11.3 Å². The number of benzene rings is 2. The molecule has 0 amide bonds. The number of aromatic amines is 1. The molecule has 3 heterocycles. The first-order valence-electron chi connectivity index (χ1n) is 9.54. The van der Waals surface area contributed by atoms with Gasteiger partial charge in [-0.25, -0.2) is 4.98 Å².